The number of hydrogen-bond donors (Lipinski definition) is 1. The third-order valence-corrected chi connectivity index (χ3v) is 7.69. The van der Waals surface area contributed by atoms with Crippen LogP contribution in [0.5, 0.6) is 0 Å². The predicted molar refractivity (Wildman–Crippen MR) is 121 cm³/mol. The molecule has 1 atom stereocenters. The monoisotopic (exact) mass is 398 g/mol. The van der Waals surface area contributed by atoms with Crippen LogP contribution in [0.15, 0.2) is 48.9 Å². The summed E-state index contributed by atoms with van der Waals surface area (Å²) in [5.41, 5.74) is 7.96. The quantitative estimate of drug-likeness (QED) is 0.570. The fourth-order valence-corrected chi connectivity index (χ4v) is 5.78. The molecule has 30 heavy (non-hydrogen) atoms. The first kappa shape index (κ1) is 18.4. The lowest BCUT2D eigenvalue weighted by molar-refractivity contribution is 0.0754. The van der Waals surface area contributed by atoms with Gasteiger partial charge >= 0.3 is 0 Å². The van der Waals surface area contributed by atoms with Gasteiger partial charge in [-0.05, 0) is 97.4 Å². The number of benzene rings is 1. The number of imidazole rings is 1. The second-order valence-corrected chi connectivity index (χ2v) is 9.59. The van der Waals surface area contributed by atoms with Gasteiger partial charge in [-0.25, -0.2) is 4.98 Å². The minimum atomic E-state index is -0.395. The van der Waals surface area contributed by atoms with Crippen molar-refractivity contribution in [2.75, 3.05) is 0 Å². The van der Waals surface area contributed by atoms with E-state index in [0.29, 0.717) is 17.8 Å². The number of fused-ring (bicyclic) bond motifs is 2. The number of aliphatic hydroxyl groups is 1. The molecule has 6 rings (SSSR count). The van der Waals surface area contributed by atoms with Crippen LogP contribution in [0.25, 0.3) is 11.6 Å². The number of aromatic nitrogens is 2. The van der Waals surface area contributed by atoms with Crippen LogP contribution in [0.3, 0.4) is 0 Å². The smallest absolute Gasteiger partial charge is 0.0995 e. The van der Waals surface area contributed by atoms with E-state index in [4.69, 9.17) is 0 Å². The number of pyridine rings is 1. The summed E-state index contributed by atoms with van der Waals surface area (Å²) >= 11 is 0. The Bertz CT molecular complexity index is 1100. The zero-order valence-electron chi connectivity index (χ0n) is 17.5. The van der Waals surface area contributed by atoms with Crippen LogP contribution in [-0.2, 0) is 6.42 Å². The van der Waals surface area contributed by atoms with Crippen molar-refractivity contribution in [3.8, 4) is 0 Å². The van der Waals surface area contributed by atoms with E-state index in [0.717, 1.165) is 24.1 Å². The Balaban J connectivity index is 1.22. The van der Waals surface area contributed by atoms with Gasteiger partial charge in [0, 0.05) is 0 Å². The van der Waals surface area contributed by atoms with Gasteiger partial charge in [0.05, 0.1) is 29.8 Å². The Hall–Kier alpha value is -2.39. The molecule has 3 heteroatoms. The van der Waals surface area contributed by atoms with Gasteiger partial charge in [-0.1, -0.05) is 36.4 Å². The zero-order valence-corrected chi connectivity index (χ0v) is 17.5. The van der Waals surface area contributed by atoms with Gasteiger partial charge in [0.15, 0.2) is 0 Å². The third-order valence-electron chi connectivity index (χ3n) is 7.69. The average molecular weight is 399 g/mol. The Morgan fingerprint density at radius 2 is 1.80 bits per heavy atom. The fraction of sp³-hybridized carbons (Fsp3) is 0.444. The summed E-state index contributed by atoms with van der Waals surface area (Å²) in [5.74, 6) is 1.60. The molecular formula is C27H30N2O. The molecule has 3 nitrogen and oxygen atoms in total. The molecule has 2 saturated carbocycles. The van der Waals surface area contributed by atoms with Crippen LogP contribution in [-0.4, -0.2) is 14.5 Å². The first-order valence-corrected chi connectivity index (χ1v) is 11.7. The van der Waals surface area contributed by atoms with E-state index in [1.807, 2.05) is 12.5 Å². The fourth-order valence-electron chi connectivity index (χ4n) is 5.78. The molecular weight excluding hydrogens is 368 g/mol. The third kappa shape index (κ3) is 3.20. The van der Waals surface area contributed by atoms with E-state index in [1.54, 1.807) is 0 Å². The van der Waals surface area contributed by atoms with Crippen molar-refractivity contribution in [2.24, 2.45) is 5.92 Å². The Labute approximate surface area is 178 Å². The molecule has 3 aromatic rings. The Morgan fingerprint density at radius 1 is 0.967 bits per heavy atom. The van der Waals surface area contributed by atoms with Crippen LogP contribution in [0, 0.1) is 5.92 Å². The van der Waals surface area contributed by atoms with Crippen molar-refractivity contribution >= 4 is 11.6 Å². The van der Waals surface area contributed by atoms with Gasteiger partial charge < -0.3 is 9.51 Å². The van der Waals surface area contributed by atoms with Gasteiger partial charge in [0.25, 0.3) is 0 Å². The summed E-state index contributed by atoms with van der Waals surface area (Å²) < 4.78 is 2.14. The highest BCUT2D eigenvalue weighted by atomic mass is 16.3. The van der Waals surface area contributed by atoms with Crippen LogP contribution in [0.1, 0.15) is 90.8 Å². The number of hydrogen-bond acceptors (Lipinski definition) is 2. The van der Waals surface area contributed by atoms with Gasteiger partial charge in [0.1, 0.15) is 0 Å². The lowest BCUT2D eigenvalue weighted by Gasteiger charge is -2.33. The van der Waals surface area contributed by atoms with Crippen molar-refractivity contribution in [3.63, 3.8) is 0 Å². The van der Waals surface area contributed by atoms with E-state index in [-0.39, 0.29) is 0 Å². The zero-order chi connectivity index (χ0) is 20.1. The number of aryl methyl sites for hydroxylation is 1. The molecule has 0 spiro atoms. The molecule has 0 aliphatic heterocycles. The molecule has 2 heterocycles. The first-order chi connectivity index (χ1) is 14.8. The van der Waals surface area contributed by atoms with Crippen molar-refractivity contribution in [1.29, 1.82) is 0 Å². The molecule has 3 aliphatic carbocycles. The summed E-state index contributed by atoms with van der Waals surface area (Å²) in [4.78, 5) is 4.34. The van der Waals surface area contributed by atoms with E-state index < -0.39 is 6.10 Å². The highest BCUT2D eigenvalue weighted by molar-refractivity contribution is 5.57. The predicted octanol–water partition coefficient (Wildman–Crippen LogP) is 6.18. The Morgan fingerprint density at radius 3 is 2.63 bits per heavy atom. The molecule has 0 saturated heterocycles. The molecule has 0 radical (unpaired) electrons. The van der Waals surface area contributed by atoms with Crippen molar-refractivity contribution in [1.82, 2.24) is 9.38 Å². The van der Waals surface area contributed by atoms with Gasteiger partial charge in [-0.2, -0.15) is 0 Å². The maximum absolute atomic E-state index is 11.5. The molecule has 2 fully saturated rings. The summed E-state index contributed by atoms with van der Waals surface area (Å²) in [6, 6.07) is 11.5. The highest BCUT2D eigenvalue weighted by Gasteiger charge is 2.34. The topological polar surface area (TPSA) is 37.5 Å². The Kier molecular flexibility index (Phi) is 4.53. The van der Waals surface area contributed by atoms with Gasteiger partial charge in [-0.3, -0.25) is 0 Å². The molecule has 1 unspecified atom stereocenters. The summed E-state index contributed by atoms with van der Waals surface area (Å²) in [6.07, 6.45) is 17.3. The van der Waals surface area contributed by atoms with Crippen LogP contribution in [0.2, 0.25) is 0 Å². The first-order valence-electron chi connectivity index (χ1n) is 11.7. The lowest BCUT2D eigenvalue weighted by atomic mass is 9.75. The van der Waals surface area contributed by atoms with E-state index in [9.17, 15) is 5.11 Å². The molecule has 3 aliphatic rings. The SMILES string of the molecule is OC(c1c(C2CC2)ccc2cncn12)C1CCC(c2ccc3c(c2)CCC=C3)CC1. The van der Waals surface area contributed by atoms with Crippen molar-refractivity contribution in [2.45, 2.75) is 69.3 Å². The van der Waals surface area contributed by atoms with E-state index in [2.05, 4.69) is 51.9 Å². The van der Waals surface area contributed by atoms with Crippen molar-refractivity contribution in [3.05, 3.63) is 76.9 Å². The lowest BCUT2D eigenvalue weighted by Crippen LogP contribution is -2.22. The second-order valence-electron chi connectivity index (χ2n) is 9.59. The molecule has 0 amide bonds. The standard InChI is InChI=1S/C27H30N2O/c30-27(26-25(20-8-9-20)14-13-24-16-28-17-29(24)26)21-10-5-19(6-11-21)23-12-7-18-3-1-2-4-22(18)15-23/h1,3,7,12-17,19-21,27,30H,2,4-6,8-11H2. The van der Waals surface area contributed by atoms with Gasteiger partial charge in [0.2, 0.25) is 0 Å². The number of rotatable bonds is 4. The van der Waals surface area contributed by atoms with Crippen LogP contribution in [0.4, 0.5) is 0 Å². The molecule has 0 bridgehead atoms. The van der Waals surface area contributed by atoms with E-state index >= 15 is 0 Å². The molecule has 1 N–H and O–H groups in total. The average Bonchev–Trinajstić information content (AvgIpc) is 3.54. The van der Waals surface area contributed by atoms with Crippen LogP contribution < -0.4 is 0 Å². The number of nitrogens with zero attached hydrogens (tertiary/aromatic N) is 2. The summed E-state index contributed by atoms with van der Waals surface area (Å²) in [5, 5.41) is 11.5. The van der Waals surface area contributed by atoms with Crippen molar-refractivity contribution < 1.29 is 5.11 Å². The normalized spacial score (nSPS) is 24.7. The van der Waals surface area contributed by atoms with Gasteiger partial charge in [-0.15, -0.1) is 0 Å². The van der Waals surface area contributed by atoms with Crippen LogP contribution >= 0.6 is 0 Å². The highest BCUT2D eigenvalue weighted by Crippen LogP contribution is 2.47. The maximum Gasteiger partial charge on any atom is 0.0995 e. The van der Waals surface area contributed by atoms with E-state index in [1.165, 1.54) is 60.8 Å². The largest absolute Gasteiger partial charge is 0.387 e. The molecule has 154 valence electrons. The summed E-state index contributed by atoms with van der Waals surface area (Å²) in [6.45, 7) is 0. The minimum Gasteiger partial charge on any atom is -0.387 e. The number of aliphatic hydroxyl groups excluding tert-OH is 1. The number of allylic oxidation sites excluding steroid dienone is 1. The molecule has 1 aromatic carbocycles. The maximum atomic E-state index is 11.5. The summed E-state index contributed by atoms with van der Waals surface area (Å²) in [7, 11) is 0. The molecule has 2 aromatic heterocycles. The second kappa shape index (κ2) is 7.39. The minimum absolute atomic E-state index is 0.340.